The Morgan fingerprint density at radius 1 is 0.265 bits per heavy atom. The molecule has 0 saturated carbocycles. The first kappa shape index (κ1) is 56.8. The first-order chi connectivity index (χ1) is 22.7. The molecular formula is C36H75GdO9S3. The fourth-order valence-electron chi connectivity index (χ4n) is 5.30. The maximum absolute atomic E-state index is 10.3. The van der Waals surface area contributed by atoms with Gasteiger partial charge in [-0.1, -0.05) is 194 Å². The van der Waals surface area contributed by atoms with Crippen LogP contribution in [-0.4, -0.2) is 56.2 Å². The SMILES string of the molecule is CCCCCCCCCCCCS(=O)(=O)[O-].CCCCCCCCCCCCS(=O)(=O)[O-].CCCCCCCCCCCCS(=O)(=O)[O-].[Gd+3]. The fraction of sp³-hybridized carbons (Fsp3) is 1.00. The molecule has 0 aromatic heterocycles. The van der Waals surface area contributed by atoms with Crippen molar-refractivity contribution in [3.05, 3.63) is 0 Å². The predicted molar refractivity (Wildman–Crippen MR) is 199 cm³/mol. The minimum Gasteiger partial charge on any atom is -0.748 e. The van der Waals surface area contributed by atoms with Crippen molar-refractivity contribution in [2.45, 2.75) is 213 Å². The van der Waals surface area contributed by atoms with Gasteiger partial charge in [-0.3, -0.25) is 0 Å². The molecule has 0 unspecified atom stereocenters. The maximum atomic E-state index is 10.3. The summed E-state index contributed by atoms with van der Waals surface area (Å²) in [6.07, 6.45) is 34.3. The van der Waals surface area contributed by atoms with E-state index in [2.05, 4.69) is 20.8 Å². The van der Waals surface area contributed by atoms with Gasteiger partial charge in [0, 0.05) is 17.3 Å². The van der Waals surface area contributed by atoms with E-state index in [1.165, 1.54) is 135 Å². The van der Waals surface area contributed by atoms with Gasteiger partial charge in [-0.2, -0.15) is 0 Å². The molecule has 0 N–H and O–H groups in total. The van der Waals surface area contributed by atoms with E-state index in [9.17, 15) is 38.9 Å². The molecule has 299 valence electrons. The maximum Gasteiger partial charge on any atom is 3.00 e. The normalized spacial score (nSPS) is 11.6. The van der Waals surface area contributed by atoms with Crippen LogP contribution >= 0.6 is 0 Å². The minimum absolute atomic E-state index is 0. The van der Waals surface area contributed by atoms with Gasteiger partial charge < -0.3 is 13.7 Å². The van der Waals surface area contributed by atoms with E-state index in [1.807, 2.05) is 0 Å². The molecule has 1 radical (unpaired) electrons. The van der Waals surface area contributed by atoms with E-state index in [1.54, 1.807) is 0 Å². The Balaban J connectivity index is -0.000000307. The predicted octanol–water partition coefficient (Wildman–Crippen LogP) is 10.4. The molecule has 9 nitrogen and oxygen atoms in total. The molecule has 0 aromatic rings. The molecule has 0 amide bonds. The zero-order valence-corrected chi connectivity index (χ0v) is 36.3. The van der Waals surface area contributed by atoms with Gasteiger partial charge in [-0.15, -0.1) is 0 Å². The van der Waals surface area contributed by atoms with Crippen molar-refractivity contribution < 1.29 is 78.9 Å². The average Bonchev–Trinajstić information content (AvgIpc) is 2.99. The first-order valence-corrected chi connectivity index (χ1v) is 24.2. The Labute approximate surface area is 337 Å². The number of hydrogen-bond acceptors (Lipinski definition) is 9. The third-order valence-electron chi connectivity index (χ3n) is 8.24. The van der Waals surface area contributed by atoms with Gasteiger partial charge in [-0.25, -0.2) is 25.3 Å². The summed E-state index contributed by atoms with van der Waals surface area (Å²) in [5.41, 5.74) is 0. The number of hydrogen-bond donors (Lipinski definition) is 0. The molecule has 0 aliphatic rings. The van der Waals surface area contributed by atoms with Crippen molar-refractivity contribution in [2.75, 3.05) is 17.3 Å². The Kier molecular flexibility index (Phi) is 48.5. The van der Waals surface area contributed by atoms with Crippen LogP contribution in [0.1, 0.15) is 213 Å². The molecule has 0 aliphatic carbocycles. The van der Waals surface area contributed by atoms with E-state index in [-0.39, 0.29) is 57.2 Å². The standard InChI is InChI=1S/3C12H26O3S.Gd/c3*1-2-3-4-5-6-7-8-9-10-11-12-16(13,14)15;/h3*2-12H2,1H3,(H,13,14,15);/q;;;+3/p-3. The Bertz CT molecular complexity index is 835. The Morgan fingerprint density at radius 3 is 0.510 bits per heavy atom. The van der Waals surface area contributed by atoms with Gasteiger partial charge in [0.1, 0.15) is 0 Å². The van der Waals surface area contributed by atoms with Crippen LogP contribution in [0.2, 0.25) is 0 Å². The number of unbranched alkanes of at least 4 members (excludes halogenated alkanes) is 27. The molecule has 49 heavy (non-hydrogen) atoms. The molecule has 0 aromatic carbocycles. The topological polar surface area (TPSA) is 172 Å². The van der Waals surface area contributed by atoms with Crippen molar-refractivity contribution in [2.24, 2.45) is 0 Å². The van der Waals surface area contributed by atoms with Crippen LogP contribution in [0, 0.1) is 39.9 Å². The summed E-state index contributed by atoms with van der Waals surface area (Å²) in [5, 5.41) is 0. The van der Waals surface area contributed by atoms with Gasteiger partial charge in [0.05, 0.1) is 30.4 Å². The van der Waals surface area contributed by atoms with Crippen LogP contribution in [-0.2, 0) is 30.4 Å². The summed E-state index contributed by atoms with van der Waals surface area (Å²) in [4.78, 5) is 0. The van der Waals surface area contributed by atoms with Crippen molar-refractivity contribution in [3.63, 3.8) is 0 Å². The van der Waals surface area contributed by atoms with Gasteiger partial charge in [0.25, 0.3) is 0 Å². The third-order valence-corrected chi connectivity index (χ3v) is 10.6. The quantitative estimate of drug-likeness (QED) is 0.0459. The van der Waals surface area contributed by atoms with Crippen molar-refractivity contribution in [1.82, 2.24) is 0 Å². The summed E-state index contributed by atoms with van der Waals surface area (Å²) in [6.45, 7) is 6.64. The fourth-order valence-corrected chi connectivity index (χ4v) is 6.97. The van der Waals surface area contributed by atoms with Crippen molar-refractivity contribution >= 4 is 30.4 Å². The molecule has 0 bridgehead atoms. The van der Waals surface area contributed by atoms with Crippen LogP contribution < -0.4 is 0 Å². The summed E-state index contributed by atoms with van der Waals surface area (Å²) in [6, 6.07) is 0. The van der Waals surface area contributed by atoms with Gasteiger partial charge in [0.15, 0.2) is 0 Å². The second kappa shape index (κ2) is 41.8. The average molecular weight is 905 g/mol. The largest absolute Gasteiger partial charge is 3.00 e. The van der Waals surface area contributed by atoms with E-state index in [0.29, 0.717) is 19.3 Å². The van der Waals surface area contributed by atoms with Crippen LogP contribution in [0.15, 0.2) is 0 Å². The van der Waals surface area contributed by atoms with E-state index in [0.717, 1.165) is 38.5 Å². The van der Waals surface area contributed by atoms with Crippen LogP contribution in [0.3, 0.4) is 0 Å². The molecule has 13 heteroatoms. The van der Waals surface area contributed by atoms with E-state index >= 15 is 0 Å². The molecular weight excluding hydrogens is 830 g/mol. The summed E-state index contributed by atoms with van der Waals surface area (Å²) >= 11 is 0. The molecule has 0 spiro atoms. The molecule has 0 fully saturated rings. The van der Waals surface area contributed by atoms with Gasteiger partial charge in [0.2, 0.25) is 0 Å². The monoisotopic (exact) mass is 905 g/mol. The van der Waals surface area contributed by atoms with Crippen LogP contribution in [0.5, 0.6) is 0 Å². The molecule has 0 aliphatic heterocycles. The summed E-state index contributed by atoms with van der Waals surface area (Å²) in [7, 11) is -11.9. The molecule has 0 heterocycles. The Hall–Kier alpha value is 1.05. The summed E-state index contributed by atoms with van der Waals surface area (Å²) < 4.78 is 92.8. The third kappa shape index (κ3) is 67.7. The molecule has 0 rings (SSSR count). The zero-order valence-electron chi connectivity index (χ0n) is 31.6. The van der Waals surface area contributed by atoms with Crippen LogP contribution in [0.25, 0.3) is 0 Å². The Morgan fingerprint density at radius 2 is 0.388 bits per heavy atom. The van der Waals surface area contributed by atoms with Gasteiger partial charge >= 0.3 is 39.9 Å². The van der Waals surface area contributed by atoms with Crippen LogP contribution in [0.4, 0.5) is 0 Å². The second-order valence-corrected chi connectivity index (χ2v) is 17.9. The minimum atomic E-state index is -3.98. The smallest absolute Gasteiger partial charge is 0.748 e. The first-order valence-electron chi connectivity index (χ1n) is 19.5. The summed E-state index contributed by atoms with van der Waals surface area (Å²) in [5.74, 6) is -0.573. The van der Waals surface area contributed by atoms with Crippen molar-refractivity contribution in [1.29, 1.82) is 0 Å². The molecule has 0 saturated heterocycles. The van der Waals surface area contributed by atoms with Gasteiger partial charge in [-0.05, 0) is 19.3 Å². The number of rotatable bonds is 33. The van der Waals surface area contributed by atoms with E-state index in [4.69, 9.17) is 0 Å². The molecule has 0 atom stereocenters. The second-order valence-electron chi connectivity index (χ2n) is 13.3. The van der Waals surface area contributed by atoms with Crippen molar-refractivity contribution in [3.8, 4) is 0 Å². The zero-order chi connectivity index (χ0) is 36.8. The van der Waals surface area contributed by atoms with E-state index < -0.39 is 30.4 Å².